The fourth-order valence-electron chi connectivity index (χ4n) is 1.24. The normalized spacial score (nSPS) is 9.89. The van der Waals surface area contributed by atoms with Gasteiger partial charge in [0, 0.05) is 5.38 Å². The number of thiazole rings is 1. The molecule has 0 saturated carbocycles. The van der Waals surface area contributed by atoms with Gasteiger partial charge in [-0.2, -0.15) is 0 Å². The van der Waals surface area contributed by atoms with E-state index in [1.54, 1.807) is 18.2 Å². The molecule has 0 radical (unpaired) electrons. The maximum Gasteiger partial charge on any atom is 0.201 e. The number of halogens is 1. The minimum atomic E-state index is -0.355. The molecule has 2 rings (SSSR count). The van der Waals surface area contributed by atoms with E-state index >= 15 is 0 Å². The van der Waals surface area contributed by atoms with Crippen molar-refractivity contribution in [3.8, 4) is 0 Å². The van der Waals surface area contributed by atoms with Gasteiger partial charge in [-0.05, 0) is 31.3 Å². The highest BCUT2D eigenvalue weighted by Gasteiger charge is 2.03. The molecule has 0 bridgehead atoms. The van der Waals surface area contributed by atoms with Crippen molar-refractivity contribution in [1.29, 1.82) is 0 Å². The van der Waals surface area contributed by atoms with E-state index < -0.39 is 0 Å². The first-order valence-electron chi connectivity index (χ1n) is 5.15. The largest absolute Gasteiger partial charge is 0.329 e. The molecule has 0 atom stereocenters. The Balaban J connectivity index is 1.88. The lowest BCUT2D eigenvalue weighted by molar-refractivity contribution is 0.632. The Bertz CT molecular complexity index is 555. The second-order valence-corrected chi connectivity index (χ2v) is 4.74. The molecule has 0 unspecified atom stereocenters. The number of benzene rings is 1. The van der Waals surface area contributed by atoms with E-state index in [2.05, 4.69) is 21.2 Å². The Kier molecular flexibility index (Phi) is 4.06. The van der Waals surface area contributed by atoms with Crippen LogP contribution >= 0.6 is 23.6 Å². The Morgan fingerprint density at radius 1 is 1.39 bits per heavy atom. The van der Waals surface area contributed by atoms with Gasteiger partial charge in [-0.25, -0.2) is 9.37 Å². The number of aryl methyl sites for hydroxylation is 1. The number of thiocarbonyl (C=S) groups is 1. The third-order valence-corrected chi connectivity index (χ3v) is 3.10. The quantitative estimate of drug-likeness (QED) is 0.597. The Hall–Kier alpha value is -1.73. The summed E-state index contributed by atoms with van der Waals surface area (Å²) in [6.07, 6.45) is 0. The summed E-state index contributed by atoms with van der Waals surface area (Å²) >= 11 is 6.48. The van der Waals surface area contributed by atoms with Crippen LogP contribution in [-0.4, -0.2) is 10.1 Å². The highest BCUT2D eigenvalue weighted by Crippen LogP contribution is 2.14. The molecular weight excluding hydrogens is 271 g/mol. The van der Waals surface area contributed by atoms with E-state index in [1.807, 2.05) is 12.3 Å². The van der Waals surface area contributed by atoms with Gasteiger partial charge in [0.25, 0.3) is 0 Å². The van der Waals surface area contributed by atoms with Crippen molar-refractivity contribution in [2.45, 2.75) is 6.92 Å². The summed E-state index contributed by atoms with van der Waals surface area (Å²) in [5.74, 6) is -0.355. The van der Waals surface area contributed by atoms with Crippen molar-refractivity contribution in [1.82, 2.24) is 10.4 Å². The van der Waals surface area contributed by atoms with Gasteiger partial charge >= 0.3 is 0 Å². The molecule has 0 saturated heterocycles. The minimum absolute atomic E-state index is 0.271. The van der Waals surface area contributed by atoms with Crippen LogP contribution in [-0.2, 0) is 0 Å². The van der Waals surface area contributed by atoms with E-state index in [9.17, 15) is 4.39 Å². The zero-order valence-electron chi connectivity index (χ0n) is 9.53. The van der Waals surface area contributed by atoms with Crippen molar-refractivity contribution < 1.29 is 4.39 Å². The summed E-state index contributed by atoms with van der Waals surface area (Å²) in [6, 6.07) is 6.32. The fourth-order valence-corrected chi connectivity index (χ4v) is 2.04. The van der Waals surface area contributed by atoms with Crippen molar-refractivity contribution in [2.24, 2.45) is 0 Å². The first-order chi connectivity index (χ1) is 8.65. The smallest absolute Gasteiger partial charge is 0.201 e. The number of anilines is 2. The number of nitrogens with one attached hydrogen (secondary N) is 3. The molecule has 0 aliphatic carbocycles. The molecule has 0 aliphatic rings. The number of hydrogen-bond donors (Lipinski definition) is 3. The maximum atomic E-state index is 13.3. The van der Waals surface area contributed by atoms with E-state index in [0.29, 0.717) is 10.8 Å². The molecule has 0 spiro atoms. The number of para-hydroxylation sites is 1. The third-order valence-electron chi connectivity index (χ3n) is 2.02. The molecular formula is C11H11FN4S2. The van der Waals surface area contributed by atoms with Crippen molar-refractivity contribution >= 4 is 39.5 Å². The van der Waals surface area contributed by atoms with Gasteiger partial charge in [0.1, 0.15) is 5.82 Å². The topological polar surface area (TPSA) is 49.0 Å². The molecule has 94 valence electrons. The minimum Gasteiger partial charge on any atom is -0.329 e. The van der Waals surface area contributed by atoms with Crippen LogP contribution in [0.15, 0.2) is 29.6 Å². The summed E-state index contributed by atoms with van der Waals surface area (Å²) in [6.45, 7) is 1.90. The third kappa shape index (κ3) is 3.38. The van der Waals surface area contributed by atoms with Crippen LogP contribution in [0.5, 0.6) is 0 Å². The highest BCUT2D eigenvalue weighted by atomic mass is 32.1. The van der Waals surface area contributed by atoms with Gasteiger partial charge in [-0.15, -0.1) is 11.3 Å². The molecule has 0 aliphatic heterocycles. The standard InChI is InChI=1S/C11H11FN4S2/c1-7-6-18-11(13-7)16-15-10(17)14-9-5-3-2-4-8(9)12/h2-6H,1H3,(H,13,16)(H2,14,15,17). The molecule has 2 aromatic rings. The maximum absolute atomic E-state index is 13.3. The van der Waals surface area contributed by atoms with Crippen LogP contribution in [0.3, 0.4) is 0 Å². The predicted molar refractivity (Wildman–Crippen MR) is 76.2 cm³/mol. The van der Waals surface area contributed by atoms with Gasteiger partial charge in [0.05, 0.1) is 11.4 Å². The molecule has 18 heavy (non-hydrogen) atoms. The average Bonchev–Trinajstić information content (AvgIpc) is 2.76. The Morgan fingerprint density at radius 2 is 2.17 bits per heavy atom. The van der Waals surface area contributed by atoms with Crippen LogP contribution in [0.25, 0.3) is 0 Å². The molecule has 1 aromatic carbocycles. The van der Waals surface area contributed by atoms with E-state index in [1.165, 1.54) is 17.4 Å². The van der Waals surface area contributed by atoms with Crippen molar-refractivity contribution in [3.05, 3.63) is 41.2 Å². The van der Waals surface area contributed by atoms with Crippen LogP contribution in [0.4, 0.5) is 15.2 Å². The molecule has 0 fully saturated rings. The summed E-state index contributed by atoms with van der Waals surface area (Å²) < 4.78 is 13.3. The lowest BCUT2D eigenvalue weighted by Crippen LogP contribution is -2.33. The number of nitrogens with zero attached hydrogens (tertiary/aromatic N) is 1. The lowest BCUT2D eigenvalue weighted by Gasteiger charge is -2.11. The molecule has 3 N–H and O–H groups in total. The zero-order chi connectivity index (χ0) is 13.0. The van der Waals surface area contributed by atoms with Gasteiger partial charge in [-0.3, -0.25) is 10.9 Å². The Morgan fingerprint density at radius 3 is 2.83 bits per heavy atom. The summed E-state index contributed by atoms with van der Waals surface area (Å²) in [7, 11) is 0. The zero-order valence-corrected chi connectivity index (χ0v) is 11.2. The molecule has 4 nitrogen and oxygen atoms in total. The van der Waals surface area contributed by atoms with Crippen LogP contribution in [0.1, 0.15) is 5.69 Å². The van der Waals surface area contributed by atoms with E-state index in [0.717, 1.165) is 5.69 Å². The van der Waals surface area contributed by atoms with Gasteiger partial charge in [0.2, 0.25) is 5.13 Å². The van der Waals surface area contributed by atoms with Crippen LogP contribution in [0.2, 0.25) is 0 Å². The second-order valence-electron chi connectivity index (χ2n) is 3.48. The fraction of sp³-hybridized carbons (Fsp3) is 0.0909. The van der Waals surface area contributed by atoms with Crippen LogP contribution in [0, 0.1) is 12.7 Å². The average molecular weight is 282 g/mol. The van der Waals surface area contributed by atoms with Gasteiger partial charge in [0.15, 0.2) is 5.11 Å². The Labute approximate surface area is 113 Å². The summed E-state index contributed by atoms with van der Waals surface area (Å²) in [4.78, 5) is 4.19. The lowest BCUT2D eigenvalue weighted by atomic mass is 10.3. The first-order valence-corrected chi connectivity index (χ1v) is 6.43. The van der Waals surface area contributed by atoms with Gasteiger partial charge < -0.3 is 5.32 Å². The highest BCUT2D eigenvalue weighted by molar-refractivity contribution is 7.80. The predicted octanol–water partition coefficient (Wildman–Crippen LogP) is 2.90. The molecule has 1 aromatic heterocycles. The number of aromatic nitrogens is 1. The molecule has 7 heteroatoms. The van der Waals surface area contributed by atoms with Gasteiger partial charge in [-0.1, -0.05) is 12.1 Å². The SMILES string of the molecule is Cc1csc(NNC(=S)Nc2ccccc2F)n1. The summed E-state index contributed by atoms with van der Waals surface area (Å²) in [5.41, 5.74) is 6.83. The van der Waals surface area contributed by atoms with E-state index in [-0.39, 0.29) is 10.9 Å². The second kappa shape index (κ2) is 5.74. The first kappa shape index (κ1) is 12.7. The molecule has 0 amide bonds. The number of rotatable bonds is 3. The van der Waals surface area contributed by atoms with Crippen molar-refractivity contribution in [3.63, 3.8) is 0 Å². The van der Waals surface area contributed by atoms with E-state index in [4.69, 9.17) is 12.2 Å². The molecule has 1 heterocycles. The van der Waals surface area contributed by atoms with Crippen LogP contribution < -0.4 is 16.2 Å². The van der Waals surface area contributed by atoms with Crippen molar-refractivity contribution in [2.75, 3.05) is 10.7 Å². The monoisotopic (exact) mass is 282 g/mol. The number of hydrogen-bond acceptors (Lipinski definition) is 4. The number of hydrazine groups is 1. The summed E-state index contributed by atoms with van der Waals surface area (Å²) in [5, 5.41) is 5.63.